The lowest BCUT2D eigenvalue weighted by atomic mass is 9.86. The lowest BCUT2D eigenvalue weighted by Gasteiger charge is -2.19. The lowest BCUT2D eigenvalue weighted by molar-refractivity contribution is 0.588. The Balaban J connectivity index is 3.36. The molecular weight excluding hydrogens is 216 g/mol. The van der Waals surface area contributed by atoms with Crippen molar-refractivity contribution < 1.29 is 0 Å². The summed E-state index contributed by atoms with van der Waals surface area (Å²) in [6, 6.07) is 17.3. The van der Waals surface area contributed by atoms with Crippen LogP contribution in [-0.2, 0) is 10.8 Å². The van der Waals surface area contributed by atoms with Crippen LogP contribution in [0.1, 0.15) is 52.7 Å². The van der Waals surface area contributed by atoms with E-state index in [1.54, 1.807) is 0 Å². The molecule has 1 aromatic carbocycles. The highest BCUT2D eigenvalue weighted by Gasteiger charge is 2.12. The fraction of sp³-hybridized carbons (Fsp3) is 0.444. The maximum Gasteiger partial charge on any atom is -0.0132 e. The Hall–Kier alpha value is -1.30. The van der Waals surface area contributed by atoms with Crippen molar-refractivity contribution in [2.24, 2.45) is 0 Å². The summed E-state index contributed by atoms with van der Waals surface area (Å²) in [6.07, 6.45) is 0. The van der Waals surface area contributed by atoms with E-state index in [1.165, 1.54) is 11.1 Å². The quantitative estimate of drug-likeness (QED) is 0.571. The number of hydrogen-bond acceptors (Lipinski definition) is 0. The van der Waals surface area contributed by atoms with Crippen molar-refractivity contribution in [3.8, 4) is 0 Å². The molecule has 1 rings (SSSR count). The molecule has 0 unspecified atom stereocenters. The average Bonchev–Trinajstić information content (AvgIpc) is 2.22. The van der Waals surface area contributed by atoms with Gasteiger partial charge in [0.15, 0.2) is 0 Å². The molecule has 0 amide bonds. The third-order valence-corrected chi connectivity index (χ3v) is 3.06. The molecule has 0 aliphatic heterocycles. The van der Waals surface area contributed by atoms with E-state index in [2.05, 4.69) is 90.1 Å². The minimum atomic E-state index is 0.180. The first-order chi connectivity index (χ1) is 8.21. The van der Waals surface area contributed by atoms with Crippen molar-refractivity contribution in [2.45, 2.75) is 52.4 Å². The van der Waals surface area contributed by atoms with Gasteiger partial charge in [0, 0.05) is 0 Å². The van der Waals surface area contributed by atoms with Crippen LogP contribution in [0.2, 0.25) is 0 Å². The largest absolute Gasteiger partial charge is 0.0622 e. The number of rotatable bonds is 0. The number of hydrogen-bond donors (Lipinski definition) is 0. The molecule has 0 N–H and O–H groups in total. The Kier molecular flexibility index (Phi) is 4.56. The standard InChI is InChI=1S/C18H26/c1-17(2,3)15-11-8-7-9-12-16(14-10-13-15)18(4,5)6/h7-14H,1-6H3. The minimum Gasteiger partial charge on any atom is -0.0622 e. The van der Waals surface area contributed by atoms with Crippen LogP contribution < -0.4 is 0 Å². The summed E-state index contributed by atoms with van der Waals surface area (Å²) in [5, 5.41) is 0. The lowest BCUT2D eigenvalue weighted by Crippen LogP contribution is -2.10. The summed E-state index contributed by atoms with van der Waals surface area (Å²) in [5.41, 5.74) is 3.05. The van der Waals surface area contributed by atoms with E-state index in [9.17, 15) is 0 Å². The third-order valence-electron chi connectivity index (χ3n) is 3.06. The van der Waals surface area contributed by atoms with Crippen molar-refractivity contribution in [1.82, 2.24) is 0 Å². The first-order valence-electron chi connectivity index (χ1n) is 6.65. The minimum absolute atomic E-state index is 0.180. The van der Waals surface area contributed by atoms with Crippen LogP contribution in [0.25, 0.3) is 0 Å². The predicted molar refractivity (Wildman–Crippen MR) is 81.5 cm³/mol. The van der Waals surface area contributed by atoms with E-state index in [0.29, 0.717) is 0 Å². The Labute approximate surface area is 112 Å². The van der Waals surface area contributed by atoms with Crippen LogP contribution in [-0.4, -0.2) is 0 Å². The zero-order chi connectivity index (χ0) is 13.8. The van der Waals surface area contributed by atoms with Gasteiger partial charge >= 0.3 is 0 Å². The molecule has 1 aromatic rings. The Morgan fingerprint density at radius 2 is 0.833 bits per heavy atom. The molecule has 0 saturated carbocycles. The van der Waals surface area contributed by atoms with E-state index < -0.39 is 0 Å². The average molecular weight is 242 g/mol. The van der Waals surface area contributed by atoms with Gasteiger partial charge in [-0.1, -0.05) is 90.1 Å². The predicted octanol–water partition coefficient (Wildman–Crippen LogP) is 5.41. The summed E-state index contributed by atoms with van der Waals surface area (Å²) in [6.45, 7) is 13.5. The first-order valence-corrected chi connectivity index (χ1v) is 6.65. The zero-order valence-electron chi connectivity index (χ0n) is 12.6. The van der Waals surface area contributed by atoms with Crippen LogP contribution in [0.3, 0.4) is 0 Å². The van der Waals surface area contributed by atoms with E-state index in [4.69, 9.17) is 0 Å². The van der Waals surface area contributed by atoms with Gasteiger partial charge in [-0.05, 0) is 22.0 Å². The SMILES string of the molecule is CC(C)(C)c1cccccc(C(C)(C)C)ccc1. The van der Waals surface area contributed by atoms with Crippen LogP contribution in [0.15, 0.2) is 48.5 Å². The van der Waals surface area contributed by atoms with Gasteiger partial charge in [0.1, 0.15) is 0 Å². The molecule has 0 bridgehead atoms. The van der Waals surface area contributed by atoms with Crippen LogP contribution in [0.5, 0.6) is 0 Å². The second-order valence-electron chi connectivity index (χ2n) is 6.85. The summed E-state index contributed by atoms with van der Waals surface area (Å²) in [7, 11) is 0. The second-order valence-corrected chi connectivity index (χ2v) is 6.85. The van der Waals surface area contributed by atoms with Gasteiger partial charge in [0.2, 0.25) is 0 Å². The zero-order valence-corrected chi connectivity index (χ0v) is 12.6. The smallest absolute Gasteiger partial charge is 0.0132 e. The van der Waals surface area contributed by atoms with Crippen molar-refractivity contribution in [2.75, 3.05) is 0 Å². The van der Waals surface area contributed by atoms with Gasteiger partial charge in [-0.3, -0.25) is 0 Å². The van der Waals surface area contributed by atoms with E-state index in [-0.39, 0.29) is 10.8 Å². The summed E-state index contributed by atoms with van der Waals surface area (Å²) in [5.74, 6) is 0. The summed E-state index contributed by atoms with van der Waals surface area (Å²) >= 11 is 0. The molecule has 0 spiro atoms. The Bertz CT molecular complexity index is 401. The highest BCUT2D eigenvalue weighted by atomic mass is 14.2. The van der Waals surface area contributed by atoms with Crippen LogP contribution >= 0.6 is 0 Å². The van der Waals surface area contributed by atoms with Crippen molar-refractivity contribution in [3.63, 3.8) is 0 Å². The van der Waals surface area contributed by atoms with Gasteiger partial charge in [0.25, 0.3) is 0 Å². The van der Waals surface area contributed by atoms with Crippen molar-refractivity contribution in [1.29, 1.82) is 0 Å². The monoisotopic (exact) mass is 242 g/mol. The van der Waals surface area contributed by atoms with Crippen molar-refractivity contribution in [3.05, 3.63) is 59.7 Å². The summed E-state index contributed by atoms with van der Waals surface area (Å²) in [4.78, 5) is 0. The maximum absolute atomic E-state index is 2.24. The molecule has 0 saturated heterocycles. The molecule has 0 nitrogen and oxygen atoms in total. The fourth-order valence-electron chi connectivity index (χ4n) is 1.75. The van der Waals surface area contributed by atoms with Crippen molar-refractivity contribution >= 4 is 0 Å². The fourth-order valence-corrected chi connectivity index (χ4v) is 1.75. The topological polar surface area (TPSA) is 0 Å². The Morgan fingerprint density at radius 1 is 0.500 bits per heavy atom. The molecule has 0 fully saturated rings. The molecule has 0 heterocycles. The normalized spacial score (nSPS) is 11.9. The van der Waals surface area contributed by atoms with Gasteiger partial charge in [-0.25, -0.2) is 0 Å². The molecular formula is C18H26. The van der Waals surface area contributed by atoms with Crippen LogP contribution in [0, 0.1) is 0 Å². The van der Waals surface area contributed by atoms with Gasteiger partial charge < -0.3 is 0 Å². The Morgan fingerprint density at radius 3 is 1.17 bits per heavy atom. The van der Waals surface area contributed by atoms with E-state index in [1.807, 2.05) is 0 Å². The maximum atomic E-state index is 2.24. The van der Waals surface area contributed by atoms with E-state index >= 15 is 0 Å². The molecule has 18 heavy (non-hydrogen) atoms. The highest BCUT2D eigenvalue weighted by molar-refractivity contribution is 5.24. The van der Waals surface area contributed by atoms with E-state index in [0.717, 1.165) is 0 Å². The van der Waals surface area contributed by atoms with Gasteiger partial charge in [-0.15, -0.1) is 0 Å². The summed E-state index contributed by atoms with van der Waals surface area (Å²) < 4.78 is 0. The third kappa shape index (κ3) is 4.52. The molecule has 0 aliphatic rings. The molecule has 98 valence electrons. The highest BCUT2D eigenvalue weighted by Crippen LogP contribution is 2.22. The molecule has 0 radical (unpaired) electrons. The second kappa shape index (κ2) is 5.56. The molecule has 0 atom stereocenters. The molecule has 0 heteroatoms. The first kappa shape index (κ1) is 14.8. The van der Waals surface area contributed by atoms with Gasteiger partial charge in [0.05, 0.1) is 0 Å². The van der Waals surface area contributed by atoms with Crippen LogP contribution in [0.4, 0.5) is 0 Å². The van der Waals surface area contributed by atoms with Gasteiger partial charge in [-0.2, -0.15) is 0 Å². The molecule has 0 aliphatic carbocycles. The molecule has 0 aromatic heterocycles.